The maximum atomic E-state index is 13.4. The first-order chi connectivity index (χ1) is 9.08. The summed E-state index contributed by atoms with van der Waals surface area (Å²) >= 11 is 0. The predicted molar refractivity (Wildman–Crippen MR) is 69.8 cm³/mol. The molecule has 2 atom stereocenters. The van der Waals surface area contributed by atoms with Gasteiger partial charge in [-0.15, -0.1) is 0 Å². The Balaban J connectivity index is 1.94. The van der Waals surface area contributed by atoms with Gasteiger partial charge in [0.2, 0.25) is 0 Å². The monoisotopic (exact) mass is 267 g/mol. The van der Waals surface area contributed by atoms with Crippen LogP contribution in [-0.4, -0.2) is 12.5 Å². The van der Waals surface area contributed by atoms with Crippen LogP contribution in [-0.2, 0) is 0 Å². The number of benzene rings is 1. The van der Waals surface area contributed by atoms with E-state index in [2.05, 4.69) is 12.2 Å². The molecule has 0 bridgehead atoms. The zero-order valence-corrected chi connectivity index (χ0v) is 11.1. The quantitative estimate of drug-likeness (QED) is 0.892. The van der Waals surface area contributed by atoms with Gasteiger partial charge in [-0.1, -0.05) is 25.8 Å². The largest absolute Gasteiger partial charge is 0.352 e. The van der Waals surface area contributed by atoms with Gasteiger partial charge in [-0.05, 0) is 36.8 Å². The predicted octanol–water partition coefficient (Wildman–Crippen LogP) is 3.52. The van der Waals surface area contributed by atoms with Gasteiger partial charge in [0.25, 0.3) is 5.91 Å². The molecule has 0 heterocycles. The van der Waals surface area contributed by atoms with Crippen molar-refractivity contribution < 1.29 is 13.6 Å². The highest BCUT2D eigenvalue weighted by molar-refractivity contribution is 5.94. The summed E-state index contributed by atoms with van der Waals surface area (Å²) in [6.45, 7) is 2.70. The summed E-state index contributed by atoms with van der Waals surface area (Å²) in [5.41, 5.74) is -0.480. The summed E-state index contributed by atoms with van der Waals surface area (Å²) < 4.78 is 26.9. The minimum atomic E-state index is -0.811. The molecule has 0 radical (unpaired) electrons. The smallest absolute Gasteiger partial charge is 0.257 e. The molecule has 1 aliphatic carbocycles. The molecule has 0 saturated heterocycles. The SMILES string of the molecule is CC1CCCC(CNC(=O)c2c(F)cccc2F)C1. The molecule has 2 rings (SSSR count). The van der Waals surface area contributed by atoms with Crippen LogP contribution in [0.3, 0.4) is 0 Å². The summed E-state index contributed by atoms with van der Waals surface area (Å²) in [6.07, 6.45) is 4.53. The number of hydrogen-bond acceptors (Lipinski definition) is 1. The molecular weight excluding hydrogens is 248 g/mol. The van der Waals surface area contributed by atoms with E-state index in [1.54, 1.807) is 0 Å². The van der Waals surface area contributed by atoms with Gasteiger partial charge < -0.3 is 5.32 Å². The Morgan fingerprint density at radius 1 is 1.32 bits per heavy atom. The molecule has 1 fully saturated rings. The zero-order chi connectivity index (χ0) is 13.8. The van der Waals surface area contributed by atoms with Crippen LogP contribution in [0.5, 0.6) is 0 Å². The summed E-state index contributed by atoms with van der Waals surface area (Å²) in [5, 5.41) is 2.65. The number of nitrogens with one attached hydrogen (secondary N) is 1. The van der Waals surface area contributed by atoms with E-state index >= 15 is 0 Å². The molecule has 1 aromatic carbocycles. The fraction of sp³-hybridized carbons (Fsp3) is 0.533. The van der Waals surface area contributed by atoms with Gasteiger partial charge >= 0.3 is 0 Å². The van der Waals surface area contributed by atoms with E-state index in [1.807, 2.05) is 0 Å². The normalized spacial score (nSPS) is 23.1. The van der Waals surface area contributed by atoms with Crippen molar-refractivity contribution in [3.05, 3.63) is 35.4 Å². The Morgan fingerprint density at radius 2 is 2.00 bits per heavy atom. The van der Waals surface area contributed by atoms with Crippen LogP contribution < -0.4 is 5.32 Å². The van der Waals surface area contributed by atoms with Crippen molar-refractivity contribution in [2.24, 2.45) is 11.8 Å². The summed E-state index contributed by atoms with van der Waals surface area (Å²) in [6, 6.07) is 3.45. The average Bonchev–Trinajstić information content (AvgIpc) is 2.36. The van der Waals surface area contributed by atoms with Crippen molar-refractivity contribution in [2.75, 3.05) is 6.54 Å². The van der Waals surface area contributed by atoms with Crippen LogP contribution in [0.15, 0.2) is 18.2 Å². The van der Waals surface area contributed by atoms with E-state index in [9.17, 15) is 13.6 Å². The van der Waals surface area contributed by atoms with E-state index in [1.165, 1.54) is 12.5 Å². The lowest BCUT2D eigenvalue weighted by atomic mass is 9.82. The lowest BCUT2D eigenvalue weighted by molar-refractivity contribution is 0.0932. The van der Waals surface area contributed by atoms with Crippen LogP contribution in [0.25, 0.3) is 0 Å². The second-order valence-corrected chi connectivity index (χ2v) is 5.44. The van der Waals surface area contributed by atoms with E-state index < -0.39 is 23.1 Å². The van der Waals surface area contributed by atoms with Crippen LogP contribution in [0, 0.1) is 23.5 Å². The number of halogens is 2. The summed E-state index contributed by atoms with van der Waals surface area (Å²) in [7, 11) is 0. The highest BCUT2D eigenvalue weighted by atomic mass is 19.1. The molecular formula is C15H19F2NO. The highest BCUT2D eigenvalue weighted by Gasteiger charge is 2.21. The molecule has 4 heteroatoms. The molecule has 0 spiro atoms. The maximum Gasteiger partial charge on any atom is 0.257 e. The average molecular weight is 267 g/mol. The van der Waals surface area contributed by atoms with E-state index in [0.29, 0.717) is 18.4 Å². The van der Waals surface area contributed by atoms with Crippen molar-refractivity contribution in [3.8, 4) is 0 Å². The first-order valence-electron chi connectivity index (χ1n) is 6.80. The van der Waals surface area contributed by atoms with E-state index in [4.69, 9.17) is 0 Å². The molecule has 1 aliphatic rings. The van der Waals surface area contributed by atoms with Crippen molar-refractivity contribution in [3.63, 3.8) is 0 Å². The number of amides is 1. The van der Waals surface area contributed by atoms with Crippen molar-refractivity contribution in [2.45, 2.75) is 32.6 Å². The van der Waals surface area contributed by atoms with Crippen molar-refractivity contribution >= 4 is 5.91 Å². The third kappa shape index (κ3) is 3.52. The molecule has 1 amide bonds. The highest BCUT2D eigenvalue weighted by Crippen LogP contribution is 2.28. The van der Waals surface area contributed by atoms with Crippen LogP contribution in [0.2, 0.25) is 0 Å². The van der Waals surface area contributed by atoms with Gasteiger partial charge in [0, 0.05) is 6.54 Å². The Labute approximate surface area is 112 Å². The maximum absolute atomic E-state index is 13.4. The van der Waals surface area contributed by atoms with Crippen LogP contribution in [0.1, 0.15) is 43.0 Å². The Hall–Kier alpha value is -1.45. The molecule has 19 heavy (non-hydrogen) atoms. The summed E-state index contributed by atoms with van der Waals surface area (Å²) in [4.78, 5) is 11.8. The van der Waals surface area contributed by atoms with Crippen molar-refractivity contribution in [1.29, 1.82) is 0 Å². The second-order valence-electron chi connectivity index (χ2n) is 5.44. The molecule has 0 aromatic heterocycles. The number of carbonyl (C=O) groups excluding carboxylic acids is 1. The standard InChI is InChI=1S/C15H19F2NO/c1-10-4-2-5-11(8-10)9-18-15(19)14-12(16)6-3-7-13(14)17/h3,6-7,10-11H,2,4-5,8-9H2,1H3,(H,18,19). The van der Waals surface area contributed by atoms with Gasteiger partial charge in [-0.3, -0.25) is 4.79 Å². The summed E-state index contributed by atoms with van der Waals surface area (Å²) in [5.74, 6) is -1.19. The van der Waals surface area contributed by atoms with Gasteiger partial charge in [0.05, 0.1) is 0 Å². The number of carbonyl (C=O) groups is 1. The first-order valence-corrected chi connectivity index (χ1v) is 6.80. The topological polar surface area (TPSA) is 29.1 Å². The molecule has 1 saturated carbocycles. The molecule has 0 aliphatic heterocycles. The number of hydrogen-bond donors (Lipinski definition) is 1. The van der Waals surface area contributed by atoms with E-state index in [0.717, 1.165) is 31.4 Å². The zero-order valence-electron chi connectivity index (χ0n) is 11.1. The molecule has 1 N–H and O–H groups in total. The second kappa shape index (κ2) is 6.13. The lowest BCUT2D eigenvalue weighted by Crippen LogP contribution is -2.32. The lowest BCUT2D eigenvalue weighted by Gasteiger charge is -2.26. The van der Waals surface area contributed by atoms with Gasteiger partial charge in [-0.25, -0.2) is 8.78 Å². The number of rotatable bonds is 3. The molecule has 2 nitrogen and oxygen atoms in total. The third-order valence-electron chi connectivity index (χ3n) is 3.79. The molecule has 104 valence electrons. The Bertz CT molecular complexity index is 441. The van der Waals surface area contributed by atoms with Crippen LogP contribution >= 0.6 is 0 Å². The Morgan fingerprint density at radius 3 is 2.63 bits per heavy atom. The van der Waals surface area contributed by atoms with Gasteiger partial charge in [0.15, 0.2) is 0 Å². The third-order valence-corrected chi connectivity index (χ3v) is 3.79. The fourth-order valence-electron chi connectivity index (χ4n) is 2.79. The van der Waals surface area contributed by atoms with Crippen LogP contribution in [0.4, 0.5) is 8.78 Å². The van der Waals surface area contributed by atoms with Gasteiger partial charge in [-0.2, -0.15) is 0 Å². The van der Waals surface area contributed by atoms with Gasteiger partial charge in [0.1, 0.15) is 17.2 Å². The van der Waals surface area contributed by atoms with E-state index in [-0.39, 0.29) is 0 Å². The first kappa shape index (κ1) is 14.0. The van der Waals surface area contributed by atoms with Crippen molar-refractivity contribution in [1.82, 2.24) is 5.32 Å². The fourth-order valence-corrected chi connectivity index (χ4v) is 2.79. The molecule has 2 unspecified atom stereocenters. The molecule has 1 aromatic rings. The minimum absolute atomic E-state index is 0.419. The minimum Gasteiger partial charge on any atom is -0.352 e. The Kier molecular flexibility index (Phi) is 4.51.